The number of anilines is 1. The van der Waals surface area contributed by atoms with Gasteiger partial charge in [0, 0.05) is 50.1 Å². The molecule has 2 aromatic rings. The average Bonchev–Trinajstić information content (AvgIpc) is 2.83. The van der Waals surface area contributed by atoms with Crippen molar-refractivity contribution < 1.29 is 0 Å². The Bertz CT molecular complexity index is 570. The second kappa shape index (κ2) is 5.44. The van der Waals surface area contributed by atoms with Crippen molar-refractivity contribution >= 4 is 17.4 Å². The molecule has 0 aromatic carbocycles. The third-order valence-electron chi connectivity index (χ3n) is 3.71. The quantitative estimate of drug-likeness (QED) is 0.867. The molecule has 106 valence electrons. The Labute approximate surface area is 124 Å². The summed E-state index contributed by atoms with van der Waals surface area (Å²) in [6, 6.07) is 3.87. The SMILES string of the molecule is CC(C)c1nccn1CC1CN(c2ccc(Cl)cn2)C1. The zero-order valence-electron chi connectivity index (χ0n) is 11.8. The lowest BCUT2D eigenvalue weighted by Gasteiger charge is -2.40. The maximum atomic E-state index is 5.86. The minimum absolute atomic E-state index is 0.471. The number of hydrogen-bond acceptors (Lipinski definition) is 3. The molecule has 0 saturated carbocycles. The summed E-state index contributed by atoms with van der Waals surface area (Å²) in [4.78, 5) is 11.1. The molecule has 3 heterocycles. The molecular formula is C15H19ClN4. The predicted octanol–water partition coefficient (Wildman–Crippen LogP) is 3.19. The Hall–Kier alpha value is -1.55. The molecule has 0 radical (unpaired) electrons. The molecule has 0 atom stereocenters. The van der Waals surface area contributed by atoms with Crippen LogP contribution in [0.3, 0.4) is 0 Å². The minimum atomic E-state index is 0.471. The van der Waals surface area contributed by atoms with Gasteiger partial charge in [0.2, 0.25) is 0 Å². The molecule has 1 fully saturated rings. The van der Waals surface area contributed by atoms with Crippen LogP contribution < -0.4 is 4.90 Å². The number of nitrogens with zero attached hydrogens (tertiary/aromatic N) is 4. The summed E-state index contributed by atoms with van der Waals surface area (Å²) in [6.45, 7) is 7.50. The zero-order valence-corrected chi connectivity index (χ0v) is 12.6. The highest BCUT2D eigenvalue weighted by Gasteiger charge is 2.28. The minimum Gasteiger partial charge on any atom is -0.356 e. The molecule has 4 nitrogen and oxygen atoms in total. The van der Waals surface area contributed by atoms with E-state index >= 15 is 0 Å². The molecule has 1 saturated heterocycles. The zero-order chi connectivity index (χ0) is 14.1. The van der Waals surface area contributed by atoms with Crippen LogP contribution in [0.5, 0.6) is 0 Å². The fourth-order valence-electron chi connectivity index (χ4n) is 2.68. The molecule has 2 aromatic heterocycles. The molecule has 0 spiro atoms. The first-order chi connectivity index (χ1) is 9.63. The van der Waals surface area contributed by atoms with Gasteiger partial charge in [-0.2, -0.15) is 0 Å². The Kier molecular flexibility index (Phi) is 3.66. The maximum absolute atomic E-state index is 5.86. The molecule has 20 heavy (non-hydrogen) atoms. The summed E-state index contributed by atoms with van der Waals surface area (Å²) in [7, 11) is 0. The van der Waals surface area contributed by atoms with Crippen molar-refractivity contribution in [1.82, 2.24) is 14.5 Å². The Balaban J connectivity index is 1.58. The number of aromatic nitrogens is 3. The van der Waals surface area contributed by atoms with E-state index in [9.17, 15) is 0 Å². The van der Waals surface area contributed by atoms with Crippen LogP contribution in [0.25, 0.3) is 0 Å². The van der Waals surface area contributed by atoms with Crippen LogP contribution in [0.15, 0.2) is 30.7 Å². The topological polar surface area (TPSA) is 34.0 Å². The summed E-state index contributed by atoms with van der Waals surface area (Å²) < 4.78 is 2.28. The number of halogens is 1. The van der Waals surface area contributed by atoms with E-state index in [4.69, 9.17) is 11.6 Å². The molecule has 0 N–H and O–H groups in total. The summed E-state index contributed by atoms with van der Waals surface area (Å²) in [5.41, 5.74) is 0. The summed E-state index contributed by atoms with van der Waals surface area (Å²) in [6.07, 6.45) is 5.68. The van der Waals surface area contributed by atoms with E-state index in [1.165, 1.54) is 5.82 Å². The van der Waals surface area contributed by atoms with Gasteiger partial charge < -0.3 is 9.47 Å². The van der Waals surface area contributed by atoms with Crippen molar-refractivity contribution in [2.45, 2.75) is 26.3 Å². The van der Waals surface area contributed by atoms with Gasteiger partial charge in [-0.1, -0.05) is 25.4 Å². The van der Waals surface area contributed by atoms with Gasteiger partial charge in [0.1, 0.15) is 11.6 Å². The van der Waals surface area contributed by atoms with E-state index in [1.807, 2.05) is 18.3 Å². The highest BCUT2D eigenvalue weighted by Crippen LogP contribution is 2.25. The van der Waals surface area contributed by atoms with Gasteiger partial charge in [0.15, 0.2) is 0 Å². The second-order valence-corrected chi connectivity index (χ2v) is 6.13. The summed E-state index contributed by atoms with van der Waals surface area (Å²) in [5, 5.41) is 0.686. The average molecular weight is 291 g/mol. The molecule has 3 rings (SSSR count). The first-order valence-corrected chi connectivity index (χ1v) is 7.39. The van der Waals surface area contributed by atoms with Crippen molar-refractivity contribution in [3.63, 3.8) is 0 Å². The smallest absolute Gasteiger partial charge is 0.128 e. The van der Waals surface area contributed by atoms with Gasteiger partial charge in [0.05, 0.1) is 5.02 Å². The van der Waals surface area contributed by atoms with Crippen LogP contribution in [0.1, 0.15) is 25.6 Å². The van der Waals surface area contributed by atoms with Gasteiger partial charge in [-0.15, -0.1) is 0 Å². The van der Waals surface area contributed by atoms with Crippen molar-refractivity contribution in [3.8, 4) is 0 Å². The lowest BCUT2D eigenvalue weighted by atomic mass is 10.00. The third-order valence-corrected chi connectivity index (χ3v) is 3.94. The van der Waals surface area contributed by atoms with E-state index in [1.54, 1.807) is 6.20 Å². The van der Waals surface area contributed by atoms with Gasteiger partial charge in [-0.3, -0.25) is 0 Å². The van der Waals surface area contributed by atoms with Crippen molar-refractivity contribution in [1.29, 1.82) is 0 Å². The van der Waals surface area contributed by atoms with Crippen LogP contribution >= 0.6 is 11.6 Å². The largest absolute Gasteiger partial charge is 0.356 e. The lowest BCUT2D eigenvalue weighted by molar-refractivity contribution is 0.349. The summed E-state index contributed by atoms with van der Waals surface area (Å²) in [5.74, 6) is 3.33. The Morgan fingerprint density at radius 2 is 2.10 bits per heavy atom. The molecule has 1 aliphatic heterocycles. The molecule has 0 bridgehead atoms. The van der Waals surface area contributed by atoms with Gasteiger partial charge in [0.25, 0.3) is 0 Å². The van der Waals surface area contributed by atoms with Gasteiger partial charge >= 0.3 is 0 Å². The van der Waals surface area contributed by atoms with E-state index < -0.39 is 0 Å². The number of imidazole rings is 1. The monoisotopic (exact) mass is 290 g/mol. The van der Waals surface area contributed by atoms with E-state index in [-0.39, 0.29) is 0 Å². The van der Waals surface area contributed by atoms with E-state index in [0.717, 1.165) is 25.5 Å². The number of rotatable bonds is 4. The normalized spacial score (nSPS) is 15.7. The second-order valence-electron chi connectivity index (χ2n) is 5.70. The van der Waals surface area contributed by atoms with E-state index in [0.29, 0.717) is 16.9 Å². The lowest BCUT2D eigenvalue weighted by Crippen LogP contribution is -2.49. The fraction of sp³-hybridized carbons (Fsp3) is 0.467. The van der Waals surface area contributed by atoms with E-state index in [2.05, 4.69) is 39.5 Å². The highest BCUT2D eigenvalue weighted by molar-refractivity contribution is 6.30. The third kappa shape index (κ3) is 2.66. The van der Waals surface area contributed by atoms with Crippen molar-refractivity contribution in [3.05, 3.63) is 41.6 Å². The van der Waals surface area contributed by atoms with Crippen LogP contribution in [0.2, 0.25) is 5.02 Å². The Morgan fingerprint density at radius 3 is 2.75 bits per heavy atom. The van der Waals surface area contributed by atoms with Crippen molar-refractivity contribution in [2.75, 3.05) is 18.0 Å². The Morgan fingerprint density at radius 1 is 1.30 bits per heavy atom. The van der Waals surface area contributed by atoms with Crippen LogP contribution in [0, 0.1) is 5.92 Å². The highest BCUT2D eigenvalue weighted by atomic mass is 35.5. The molecule has 0 amide bonds. The van der Waals surface area contributed by atoms with Crippen LogP contribution in [-0.4, -0.2) is 27.6 Å². The maximum Gasteiger partial charge on any atom is 0.128 e. The van der Waals surface area contributed by atoms with Gasteiger partial charge in [-0.05, 0) is 12.1 Å². The number of hydrogen-bond donors (Lipinski definition) is 0. The van der Waals surface area contributed by atoms with Crippen molar-refractivity contribution in [2.24, 2.45) is 5.92 Å². The molecule has 0 aliphatic carbocycles. The first-order valence-electron chi connectivity index (χ1n) is 7.01. The summed E-state index contributed by atoms with van der Waals surface area (Å²) >= 11 is 5.86. The molecule has 1 aliphatic rings. The first kappa shape index (κ1) is 13.4. The van der Waals surface area contributed by atoms with Gasteiger partial charge in [-0.25, -0.2) is 9.97 Å². The fourth-order valence-corrected chi connectivity index (χ4v) is 2.79. The predicted molar refractivity (Wildman–Crippen MR) is 81.3 cm³/mol. The standard InChI is InChI=1S/C15H19ClN4/c1-11(2)15-17-5-6-19(15)8-12-9-20(10-12)14-4-3-13(16)7-18-14/h3-7,11-12H,8-10H2,1-2H3. The molecule has 0 unspecified atom stereocenters. The number of pyridine rings is 1. The molecule has 5 heteroatoms. The van der Waals surface area contributed by atoms with Crippen LogP contribution in [0.4, 0.5) is 5.82 Å². The molecular weight excluding hydrogens is 272 g/mol. The van der Waals surface area contributed by atoms with Crippen LogP contribution in [-0.2, 0) is 6.54 Å².